The van der Waals surface area contributed by atoms with Crippen molar-refractivity contribution in [2.45, 2.75) is 5.92 Å². The molecule has 0 heterocycles. The second-order valence-corrected chi connectivity index (χ2v) is 3.63. The fourth-order valence-corrected chi connectivity index (χ4v) is 1.77. The third-order valence-electron chi connectivity index (χ3n) is 2.59. The first-order chi connectivity index (χ1) is 7.83. The normalized spacial score (nSPS) is 17.2. The molecule has 0 aliphatic heterocycles. The number of rotatable bonds is 4. The van der Waals surface area contributed by atoms with Gasteiger partial charge < -0.3 is 9.47 Å². The maximum Gasteiger partial charge on any atom is 0.317 e. The lowest BCUT2D eigenvalue weighted by atomic mass is 10.0. The van der Waals surface area contributed by atoms with Crippen LogP contribution in [0.4, 0.5) is 0 Å². The largest absolute Gasteiger partial charge is 0.463 e. The van der Waals surface area contributed by atoms with Gasteiger partial charge in [0, 0.05) is 7.11 Å². The number of hydrogen-bond acceptors (Lipinski definition) is 3. The number of esters is 1. The van der Waals surface area contributed by atoms with Gasteiger partial charge in [0.05, 0.1) is 6.61 Å². The van der Waals surface area contributed by atoms with Crippen LogP contribution in [-0.2, 0) is 14.3 Å². The van der Waals surface area contributed by atoms with E-state index in [0.717, 1.165) is 11.1 Å². The molecule has 0 aromatic heterocycles. The summed E-state index contributed by atoms with van der Waals surface area (Å²) in [5.41, 5.74) is 2.11. The predicted molar refractivity (Wildman–Crippen MR) is 61.1 cm³/mol. The molecule has 1 aliphatic carbocycles. The molecular weight excluding hydrogens is 204 g/mol. The van der Waals surface area contributed by atoms with Gasteiger partial charge in [-0.2, -0.15) is 0 Å². The van der Waals surface area contributed by atoms with Crippen LogP contribution in [0, 0.1) is 0 Å². The highest BCUT2D eigenvalue weighted by atomic mass is 16.6. The van der Waals surface area contributed by atoms with Gasteiger partial charge in [-0.15, -0.1) is 0 Å². The summed E-state index contributed by atoms with van der Waals surface area (Å²) in [4.78, 5) is 11.8. The van der Waals surface area contributed by atoms with E-state index in [4.69, 9.17) is 9.47 Å². The number of methoxy groups -OCH3 is 1. The van der Waals surface area contributed by atoms with E-state index >= 15 is 0 Å². The predicted octanol–water partition coefficient (Wildman–Crippen LogP) is 1.99. The molecule has 3 nitrogen and oxygen atoms in total. The molecule has 1 aromatic rings. The Kier molecular flexibility index (Phi) is 3.37. The van der Waals surface area contributed by atoms with E-state index in [1.54, 1.807) is 7.11 Å². The van der Waals surface area contributed by atoms with Gasteiger partial charge in [0.25, 0.3) is 0 Å². The molecule has 0 fully saturated rings. The molecule has 1 aromatic carbocycles. The summed E-state index contributed by atoms with van der Waals surface area (Å²) in [5, 5.41) is 0. The van der Waals surface area contributed by atoms with E-state index in [0.29, 0.717) is 13.2 Å². The van der Waals surface area contributed by atoms with Crippen LogP contribution in [0.2, 0.25) is 0 Å². The SMILES string of the molecule is COCCOC(=O)C1C=Cc2ccccc21. The smallest absolute Gasteiger partial charge is 0.317 e. The molecule has 16 heavy (non-hydrogen) atoms. The topological polar surface area (TPSA) is 35.5 Å². The Morgan fingerprint density at radius 2 is 2.12 bits per heavy atom. The van der Waals surface area contributed by atoms with Crippen LogP contribution in [0.5, 0.6) is 0 Å². The average Bonchev–Trinajstić information content (AvgIpc) is 2.73. The van der Waals surface area contributed by atoms with Gasteiger partial charge >= 0.3 is 5.97 Å². The molecule has 84 valence electrons. The average molecular weight is 218 g/mol. The van der Waals surface area contributed by atoms with E-state index in [1.807, 2.05) is 36.4 Å². The Morgan fingerprint density at radius 3 is 2.94 bits per heavy atom. The quantitative estimate of drug-likeness (QED) is 0.572. The molecule has 0 amide bonds. The van der Waals surface area contributed by atoms with Gasteiger partial charge in [0.1, 0.15) is 12.5 Å². The summed E-state index contributed by atoms with van der Waals surface area (Å²) >= 11 is 0. The monoisotopic (exact) mass is 218 g/mol. The zero-order valence-corrected chi connectivity index (χ0v) is 9.18. The van der Waals surface area contributed by atoms with Gasteiger partial charge in [-0.3, -0.25) is 4.79 Å². The summed E-state index contributed by atoms with van der Waals surface area (Å²) in [5.74, 6) is -0.466. The molecular formula is C13H14O3. The lowest BCUT2D eigenvalue weighted by molar-refractivity contribution is -0.145. The van der Waals surface area contributed by atoms with Crippen molar-refractivity contribution in [2.75, 3.05) is 20.3 Å². The number of ether oxygens (including phenoxy) is 2. The molecule has 1 unspecified atom stereocenters. The van der Waals surface area contributed by atoms with Crippen molar-refractivity contribution in [3.05, 3.63) is 41.5 Å². The van der Waals surface area contributed by atoms with E-state index in [-0.39, 0.29) is 11.9 Å². The highest BCUT2D eigenvalue weighted by Gasteiger charge is 2.24. The van der Waals surface area contributed by atoms with Gasteiger partial charge in [-0.1, -0.05) is 36.4 Å². The summed E-state index contributed by atoms with van der Waals surface area (Å²) < 4.78 is 9.94. The number of benzene rings is 1. The molecule has 0 bridgehead atoms. The Bertz CT molecular complexity index is 409. The summed E-state index contributed by atoms with van der Waals surface area (Å²) in [7, 11) is 1.58. The minimum atomic E-state index is -0.256. The molecule has 1 atom stereocenters. The first-order valence-corrected chi connectivity index (χ1v) is 5.25. The lowest BCUT2D eigenvalue weighted by Gasteiger charge is -2.10. The van der Waals surface area contributed by atoms with Crippen LogP contribution < -0.4 is 0 Å². The minimum absolute atomic E-state index is 0.210. The maximum absolute atomic E-state index is 11.8. The number of hydrogen-bond donors (Lipinski definition) is 0. The van der Waals surface area contributed by atoms with Crippen molar-refractivity contribution in [3.63, 3.8) is 0 Å². The number of carbonyl (C=O) groups is 1. The zero-order valence-electron chi connectivity index (χ0n) is 9.18. The summed E-state index contributed by atoms with van der Waals surface area (Å²) in [6, 6.07) is 7.84. The van der Waals surface area contributed by atoms with E-state index < -0.39 is 0 Å². The molecule has 0 radical (unpaired) electrons. The highest BCUT2D eigenvalue weighted by Crippen LogP contribution is 2.30. The molecule has 2 rings (SSSR count). The van der Waals surface area contributed by atoms with Crippen LogP contribution in [-0.4, -0.2) is 26.3 Å². The third-order valence-corrected chi connectivity index (χ3v) is 2.59. The molecule has 0 N–H and O–H groups in total. The molecule has 0 saturated heterocycles. The van der Waals surface area contributed by atoms with Crippen LogP contribution in [0.15, 0.2) is 30.3 Å². The Balaban J connectivity index is 2.02. The fraction of sp³-hybridized carbons (Fsp3) is 0.308. The lowest BCUT2D eigenvalue weighted by Crippen LogP contribution is -2.15. The van der Waals surface area contributed by atoms with Gasteiger partial charge in [0.2, 0.25) is 0 Å². The molecule has 1 aliphatic rings. The highest BCUT2D eigenvalue weighted by molar-refractivity contribution is 5.86. The van der Waals surface area contributed by atoms with Crippen LogP contribution in [0.1, 0.15) is 17.0 Å². The zero-order chi connectivity index (χ0) is 11.4. The van der Waals surface area contributed by atoms with Gasteiger partial charge in [-0.05, 0) is 11.1 Å². The number of fused-ring (bicyclic) bond motifs is 1. The maximum atomic E-state index is 11.8. The first kappa shape index (κ1) is 10.9. The molecule has 0 saturated carbocycles. The van der Waals surface area contributed by atoms with Gasteiger partial charge in [0.15, 0.2) is 0 Å². The molecule has 0 spiro atoms. The summed E-state index contributed by atoms with van der Waals surface area (Å²) in [6.45, 7) is 0.742. The second kappa shape index (κ2) is 4.94. The Morgan fingerprint density at radius 1 is 1.31 bits per heavy atom. The van der Waals surface area contributed by atoms with E-state index in [1.165, 1.54) is 0 Å². The van der Waals surface area contributed by atoms with Crippen molar-refractivity contribution in [2.24, 2.45) is 0 Å². The van der Waals surface area contributed by atoms with Crippen molar-refractivity contribution < 1.29 is 14.3 Å². The van der Waals surface area contributed by atoms with Crippen LogP contribution >= 0.6 is 0 Å². The van der Waals surface area contributed by atoms with E-state index in [2.05, 4.69) is 0 Å². The van der Waals surface area contributed by atoms with Gasteiger partial charge in [-0.25, -0.2) is 0 Å². The first-order valence-electron chi connectivity index (χ1n) is 5.25. The minimum Gasteiger partial charge on any atom is -0.463 e. The van der Waals surface area contributed by atoms with Crippen molar-refractivity contribution in [1.82, 2.24) is 0 Å². The van der Waals surface area contributed by atoms with Crippen LogP contribution in [0.3, 0.4) is 0 Å². The Hall–Kier alpha value is -1.61. The van der Waals surface area contributed by atoms with E-state index in [9.17, 15) is 4.79 Å². The number of carbonyl (C=O) groups excluding carboxylic acids is 1. The summed E-state index contributed by atoms with van der Waals surface area (Å²) in [6.07, 6.45) is 3.83. The molecule has 3 heteroatoms. The fourth-order valence-electron chi connectivity index (χ4n) is 1.77. The third kappa shape index (κ3) is 2.14. The Labute approximate surface area is 94.7 Å². The van der Waals surface area contributed by atoms with Crippen molar-refractivity contribution in [3.8, 4) is 0 Å². The standard InChI is InChI=1S/C13H14O3/c1-15-8-9-16-13(14)12-7-6-10-4-2-3-5-11(10)12/h2-7,12H,8-9H2,1H3. The van der Waals surface area contributed by atoms with Crippen molar-refractivity contribution in [1.29, 1.82) is 0 Å². The van der Waals surface area contributed by atoms with Crippen LogP contribution in [0.25, 0.3) is 6.08 Å². The van der Waals surface area contributed by atoms with Crippen molar-refractivity contribution >= 4 is 12.0 Å². The second-order valence-electron chi connectivity index (χ2n) is 3.63.